The standard InChI is InChI=1S/C13H13NO3/c1-2-6-11(13(16)17)14-12(15)9-10-7-4-3-5-8-10/h1,3-5,7-8,11H,6,9H2,(H,14,15)(H,16,17). The summed E-state index contributed by atoms with van der Waals surface area (Å²) in [7, 11) is 0. The normalized spacial score (nSPS) is 11.2. The summed E-state index contributed by atoms with van der Waals surface area (Å²) in [4.78, 5) is 22.3. The third kappa shape index (κ3) is 4.39. The van der Waals surface area contributed by atoms with E-state index in [1.54, 1.807) is 12.1 Å². The first-order chi connectivity index (χ1) is 8.13. The quantitative estimate of drug-likeness (QED) is 0.737. The summed E-state index contributed by atoms with van der Waals surface area (Å²) in [5, 5.41) is 11.2. The zero-order valence-electron chi connectivity index (χ0n) is 9.22. The van der Waals surface area contributed by atoms with E-state index in [1.165, 1.54) is 0 Å². The Morgan fingerprint density at radius 3 is 2.53 bits per heavy atom. The van der Waals surface area contributed by atoms with E-state index in [4.69, 9.17) is 11.5 Å². The third-order valence-electron chi connectivity index (χ3n) is 2.16. The minimum Gasteiger partial charge on any atom is -0.480 e. The van der Waals surface area contributed by atoms with Gasteiger partial charge in [0.15, 0.2) is 0 Å². The van der Waals surface area contributed by atoms with Gasteiger partial charge in [0.1, 0.15) is 6.04 Å². The molecule has 17 heavy (non-hydrogen) atoms. The molecule has 1 atom stereocenters. The van der Waals surface area contributed by atoms with Crippen LogP contribution in [-0.2, 0) is 16.0 Å². The first-order valence-corrected chi connectivity index (χ1v) is 5.13. The summed E-state index contributed by atoms with van der Waals surface area (Å²) in [5.41, 5.74) is 0.829. The number of aliphatic carboxylic acids is 1. The van der Waals surface area contributed by atoms with Crippen molar-refractivity contribution in [2.75, 3.05) is 0 Å². The van der Waals surface area contributed by atoms with Gasteiger partial charge in [-0.2, -0.15) is 0 Å². The number of carbonyl (C=O) groups excluding carboxylic acids is 1. The SMILES string of the molecule is C#CCC(NC(=O)Cc1ccccc1)C(=O)O. The molecule has 0 aromatic heterocycles. The minimum absolute atomic E-state index is 0.0180. The van der Waals surface area contributed by atoms with Gasteiger partial charge >= 0.3 is 5.97 Å². The molecule has 1 amide bonds. The predicted molar refractivity (Wildman–Crippen MR) is 63.2 cm³/mol. The second-order valence-corrected chi connectivity index (χ2v) is 3.53. The highest BCUT2D eigenvalue weighted by molar-refractivity contribution is 5.85. The van der Waals surface area contributed by atoms with Crippen LogP contribution in [-0.4, -0.2) is 23.0 Å². The summed E-state index contributed by atoms with van der Waals surface area (Å²) < 4.78 is 0. The van der Waals surface area contributed by atoms with Crippen LogP contribution in [0, 0.1) is 12.3 Å². The molecular formula is C13H13NO3. The first kappa shape index (κ1) is 12.8. The zero-order chi connectivity index (χ0) is 12.7. The molecule has 0 aliphatic carbocycles. The Kier molecular flexibility index (Phi) is 4.77. The molecule has 1 rings (SSSR count). The Balaban J connectivity index is 2.54. The topological polar surface area (TPSA) is 66.4 Å². The number of hydrogen-bond acceptors (Lipinski definition) is 2. The van der Waals surface area contributed by atoms with Crippen molar-refractivity contribution >= 4 is 11.9 Å². The van der Waals surface area contributed by atoms with Crippen LogP contribution in [0.25, 0.3) is 0 Å². The zero-order valence-corrected chi connectivity index (χ0v) is 9.22. The van der Waals surface area contributed by atoms with E-state index >= 15 is 0 Å². The molecule has 2 N–H and O–H groups in total. The predicted octanol–water partition coefficient (Wildman–Crippen LogP) is 0.822. The van der Waals surface area contributed by atoms with Crippen LogP contribution in [0.1, 0.15) is 12.0 Å². The number of nitrogens with one attached hydrogen (secondary N) is 1. The molecular weight excluding hydrogens is 218 g/mol. The Morgan fingerprint density at radius 1 is 1.35 bits per heavy atom. The lowest BCUT2D eigenvalue weighted by Crippen LogP contribution is -2.41. The highest BCUT2D eigenvalue weighted by atomic mass is 16.4. The number of carbonyl (C=O) groups is 2. The van der Waals surface area contributed by atoms with Crippen molar-refractivity contribution < 1.29 is 14.7 Å². The first-order valence-electron chi connectivity index (χ1n) is 5.13. The van der Waals surface area contributed by atoms with E-state index in [2.05, 4.69) is 11.2 Å². The van der Waals surface area contributed by atoms with Gasteiger partial charge in [0.05, 0.1) is 6.42 Å². The molecule has 0 heterocycles. The number of carboxylic acid groups (broad SMARTS) is 1. The fourth-order valence-corrected chi connectivity index (χ4v) is 1.34. The van der Waals surface area contributed by atoms with Gasteiger partial charge in [-0.05, 0) is 5.56 Å². The van der Waals surface area contributed by atoms with Crippen molar-refractivity contribution in [1.29, 1.82) is 0 Å². The fraction of sp³-hybridized carbons (Fsp3) is 0.231. The van der Waals surface area contributed by atoms with Crippen LogP contribution in [0.15, 0.2) is 30.3 Å². The summed E-state index contributed by atoms with van der Waals surface area (Å²) in [6.07, 6.45) is 5.16. The lowest BCUT2D eigenvalue weighted by atomic mass is 10.1. The second kappa shape index (κ2) is 6.33. The average Bonchev–Trinajstić information content (AvgIpc) is 2.29. The third-order valence-corrected chi connectivity index (χ3v) is 2.16. The van der Waals surface area contributed by atoms with Gasteiger partial charge in [0, 0.05) is 6.42 Å². The van der Waals surface area contributed by atoms with E-state index in [0.717, 1.165) is 5.56 Å². The molecule has 0 aliphatic heterocycles. The van der Waals surface area contributed by atoms with Crippen LogP contribution in [0.3, 0.4) is 0 Å². The monoisotopic (exact) mass is 231 g/mol. The molecule has 0 bridgehead atoms. The Bertz CT molecular complexity index is 434. The second-order valence-electron chi connectivity index (χ2n) is 3.53. The van der Waals surface area contributed by atoms with Crippen molar-refractivity contribution in [3.8, 4) is 12.3 Å². The maximum atomic E-state index is 11.6. The van der Waals surface area contributed by atoms with Gasteiger partial charge in [-0.15, -0.1) is 12.3 Å². The lowest BCUT2D eigenvalue weighted by molar-refractivity contribution is -0.141. The maximum Gasteiger partial charge on any atom is 0.327 e. The molecule has 1 unspecified atom stereocenters. The van der Waals surface area contributed by atoms with Gasteiger partial charge in [-0.1, -0.05) is 30.3 Å². The van der Waals surface area contributed by atoms with Gasteiger partial charge in [0.25, 0.3) is 0 Å². The molecule has 0 saturated carbocycles. The summed E-state index contributed by atoms with van der Waals surface area (Å²) >= 11 is 0. The van der Waals surface area contributed by atoms with Crippen molar-refractivity contribution in [2.24, 2.45) is 0 Å². The van der Waals surface area contributed by atoms with Crippen molar-refractivity contribution in [3.05, 3.63) is 35.9 Å². The number of carboxylic acids is 1. The molecule has 1 aromatic rings. The van der Waals surface area contributed by atoms with Crippen LogP contribution in [0.5, 0.6) is 0 Å². The smallest absolute Gasteiger partial charge is 0.327 e. The Hall–Kier alpha value is -2.28. The van der Waals surface area contributed by atoms with E-state index in [9.17, 15) is 9.59 Å². The largest absolute Gasteiger partial charge is 0.480 e. The van der Waals surface area contributed by atoms with Crippen LogP contribution < -0.4 is 5.32 Å². The van der Waals surface area contributed by atoms with E-state index in [1.807, 2.05) is 18.2 Å². The van der Waals surface area contributed by atoms with E-state index in [0.29, 0.717) is 0 Å². The number of amides is 1. The molecule has 0 aliphatic rings. The number of rotatable bonds is 5. The summed E-state index contributed by atoms with van der Waals surface area (Å²) in [6.45, 7) is 0. The van der Waals surface area contributed by atoms with Crippen LogP contribution >= 0.6 is 0 Å². The summed E-state index contributed by atoms with van der Waals surface area (Å²) in [5.74, 6) is 0.754. The fourth-order valence-electron chi connectivity index (χ4n) is 1.34. The number of hydrogen-bond donors (Lipinski definition) is 2. The molecule has 88 valence electrons. The highest BCUT2D eigenvalue weighted by Crippen LogP contribution is 2.00. The van der Waals surface area contributed by atoms with Crippen LogP contribution in [0.2, 0.25) is 0 Å². The maximum absolute atomic E-state index is 11.6. The van der Waals surface area contributed by atoms with Crippen LogP contribution in [0.4, 0.5) is 0 Å². The van der Waals surface area contributed by atoms with E-state index < -0.39 is 12.0 Å². The number of terminal acetylenes is 1. The van der Waals surface area contributed by atoms with Crippen molar-refractivity contribution in [2.45, 2.75) is 18.9 Å². The number of benzene rings is 1. The van der Waals surface area contributed by atoms with Crippen molar-refractivity contribution in [1.82, 2.24) is 5.32 Å². The Labute approximate surface area is 99.7 Å². The van der Waals surface area contributed by atoms with Crippen molar-refractivity contribution in [3.63, 3.8) is 0 Å². The van der Waals surface area contributed by atoms with Gasteiger partial charge < -0.3 is 10.4 Å². The highest BCUT2D eigenvalue weighted by Gasteiger charge is 2.18. The van der Waals surface area contributed by atoms with E-state index in [-0.39, 0.29) is 18.7 Å². The molecule has 0 radical (unpaired) electrons. The molecule has 0 saturated heterocycles. The average molecular weight is 231 g/mol. The molecule has 4 heteroatoms. The molecule has 1 aromatic carbocycles. The lowest BCUT2D eigenvalue weighted by Gasteiger charge is -2.11. The minimum atomic E-state index is -1.12. The summed E-state index contributed by atoms with van der Waals surface area (Å²) in [6, 6.07) is 8.07. The molecule has 0 fully saturated rings. The Morgan fingerprint density at radius 2 is 2.00 bits per heavy atom. The molecule has 4 nitrogen and oxygen atoms in total. The van der Waals surface area contributed by atoms with Gasteiger partial charge in [-0.3, -0.25) is 4.79 Å². The molecule has 0 spiro atoms. The van der Waals surface area contributed by atoms with Gasteiger partial charge in [0.2, 0.25) is 5.91 Å². The van der Waals surface area contributed by atoms with Gasteiger partial charge in [-0.25, -0.2) is 4.79 Å².